The summed E-state index contributed by atoms with van der Waals surface area (Å²) in [6.07, 6.45) is 0.651. The monoisotopic (exact) mass is 430 g/mol. The minimum absolute atomic E-state index is 0.223. The Balaban J connectivity index is 1.84. The SMILES string of the molecule is COc1cc(/C=C2\SC(=Nc3ccc(F)cc3)N(C)C2=O)ccc1O[C@@H](C)C(=O)O. The fourth-order valence-corrected chi connectivity index (χ4v) is 3.53. The summed E-state index contributed by atoms with van der Waals surface area (Å²) in [5.74, 6) is -1.04. The van der Waals surface area contributed by atoms with Crippen LogP contribution < -0.4 is 9.47 Å². The zero-order valence-corrected chi connectivity index (χ0v) is 17.3. The number of rotatable bonds is 6. The summed E-state index contributed by atoms with van der Waals surface area (Å²) in [5, 5.41) is 9.47. The fourth-order valence-electron chi connectivity index (χ4n) is 2.54. The van der Waals surface area contributed by atoms with Crippen LogP contribution >= 0.6 is 11.8 Å². The first-order valence-corrected chi connectivity index (χ1v) is 9.69. The molecule has 3 rings (SSSR count). The molecule has 9 heteroatoms. The first-order valence-electron chi connectivity index (χ1n) is 8.88. The number of carboxylic acid groups (broad SMARTS) is 1. The van der Waals surface area contributed by atoms with Crippen molar-refractivity contribution in [1.29, 1.82) is 0 Å². The molecule has 0 unspecified atom stereocenters. The minimum atomic E-state index is -1.09. The Hall–Kier alpha value is -3.33. The van der Waals surface area contributed by atoms with E-state index in [0.717, 1.165) is 0 Å². The highest BCUT2D eigenvalue weighted by Crippen LogP contribution is 2.35. The molecule has 0 aromatic heterocycles. The number of amides is 1. The summed E-state index contributed by atoms with van der Waals surface area (Å²) >= 11 is 1.20. The molecule has 2 aromatic carbocycles. The van der Waals surface area contributed by atoms with Crippen LogP contribution in [-0.4, -0.2) is 47.3 Å². The molecule has 1 N–H and O–H groups in total. The van der Waals surface area contributed by atoms with E-state index in [9.17, 15) is 14.0 Å². The second-order valence-electron chi connectivity index (χ2n) is 6.35. The minimum Gasteiger partial charge on any atom is -0.493 e. The van der Waals surface area contributed by atoms with E-state index in [-0.39, 0.29) is 17.5 Å². The molecule has 1 aliphatic heterocycles. The molecule has 0 saturated carbocycles. The van der Waals surface area contributed by atoms with Gasteiger partial charge in [0, 0.05) is 7.05 Å². The number of ether oxygens (including phenoxy) is 2. The Labute approximate surface area is 176 Å². The molecular formula is C21H19FN2O5S. The zero-order chi connectivity index (χ0) is 21.8. The molecule has 1 amide bonds. The summed E-state index contributed by atoms with van der Waals surface area (Å²) in [7, 11) is 3.06. The Bertz CT molecular complexity index is 1040. The van der Waals surface area contributed by atoms with Gasteiger partial charge in [0.05, 0.1) is 17.7 Å². The van der Waals surface area contributed by atoms with E-state index in [2.05, 4.69) is 4.99 Å². The van der Waals surface area contributed by atoms with Gasteiger partial charge in [-0.25, -0.2) is 14.2 Å². The third-order valence-corrected chi connectivity index (χ3v) is 5.25. The van der Waals surface area contributed by atoms with Gasteiger partial charge in [-0.05, 0) is 66.7 Å². The van der Waals surface area contributed by atoms with E-state index in [1.807, 2.05) is 0 Å². The first-order chi connectivity index (χ1) is 14.3. The lowest BCUT2D eigenvalue weighted by Gasteiger charge is -2.14. The highest BCUT2D eigenvalue weighted by atomic mass is 32.2. The Morgan fingerprint density at radius 3 is 2.57 bits per heavy atom. The lowest BCUT2D eigenvalue weighted by atomic mass is 10.2. The fraction of sp³-hybridized carbons (Fsp3) is 0.190. The maximum absolute atomic E-state index is 13.1. The van der Waals surface area contributed by atoms with E-state index in [0.29, 0.717) is 27.1 Å². The Morgan fingerprint density at radius 2 is 1.93 bits per heavy atom. The van der Waals surface area contributed by atoms with Crippen LogP contribution in [0.4, 0.5) is 10.1 Å². The van der Waals surface area contributed by atoms with E-state index in [4.69, 9.17) is 14.6 Å². The molecule has 0 bridgehead atoms. The van der Waals surface area contributed by atoms with Gasteiger partial charge in [0.1, 0.15) is 5.82 Å². The Kier molecular flexibility index (Phi) is 6.41. The van der Waals surface area contributed by atoms with Crippen molar-refractivity contribution in [3.63, 3.8) is 0 Å². The zero-order valence-electron chi connectivity index (χ0n) is 16.5. The predicted molar refractivity (Wildman–Crippen MR) is 113 cm³/mol. The average molecular weight is 430 g/mol. The quantitative estimate of drug-likeness (QED) is 0.699. The van der Waals surface area contributed by atoms with Crippen LogP contribution in [0.3, 0.4) is 0 Å². The molecule has 1 heterocycles. The lowest BCUT2D eigenvalue weighted by molar-refractivity contribution is -0.144. The van der Waals surface area contributed by atoms with Crippen LogP contribution in [0, 0.1) is 5.82 Å². The van der Waals surface area contributed by atoms with Gasteiger partial charge in [0.25, 0.3) is 5.91 Å². The van der Waals surface area contributed by atoms with Crippen LogP contribution in [-0.2, 0) is 9.59 Å². The van der Waals surface area contributed by atoms with Crippen molar-refractivity contribution in [1.82, 2.24) is 4.90 Å². The van der Waals surface area contributed by atoms with Crippen LogP contribution in [0.1, 0.15) is 12.5 Å². The van der Waals surface area contributed by atoms with Gasteiger partial charge in [0.15, 0.2) is 22.8 Å². The number of benzene rings is 2. The molecule has 0 radical (unpaired) electrons. The molecular weight excluding hydrogens is 411 g/mol. The maximum Gasteiger partial charge on any atom is 0.344 e. The summed E-state index contributed by atoms with van der Waals surface area (Å²) in [4.78, 5) is 29.8. The number of carbonyl (C=O) groups is 2. The van der Waals surface area contributed by atoms with Gasteiger partial charge in [-0.2, -0.15) is 0 Å². The second kappa shape index (κ2) is 9.00. The molecule has 2 aromatic rings. The van der Waals surface area contributed by atoms with E-state index in [1.165, 1.54) is 55.0 Å². The van der Waals surface area contributed by atoms with Crippen LogP contribution in [0.5, 0.6) is 11.5 Å². The highest BCUT2D eigenvalue weighted by Gasteiger charge is 2.30. The maximum atomic E-state index is 13.1. The number of hydrogen-bond acceptors (Lipinski definition) is 6. The van der Waals surface area contributed by atoms with Crippen LogP contribution in [0.25, 0.3) is 6.08 Å². The largest absolute Gasteiger partial charge is 0.493 e. The van der Waals surface area contributed by atoms with Crippen molar-refractivity contribution in [2.24, 2.45) is 4.99 Å². The van der Waals surface area contributed by atoms with E-state index < -0.39 is 12.1 Å². The molecule has 1 aliphatic rings. The number of aliphatic imine (C=N–C) groups is 1. The number of thioether (sulfide) groups is 1. The number of methoxy groups -OCH3 is 1. The van der Waals surface area contributed by atoms with Gasteiger partial charge >= 0.3 is 5.97 Å². The number of aliphatic carboxylic acids is 1. The molecule has 1 atom stereocenters. The van der Waals surface area contributed by atoms with Gasteiger partial charge < -0.3 is 14.6 Å². The van der Waals surface area contributed by atoms with Gasteiger partial charge in [-0.15, -0.1) is 0 Å². The van der Waals surface area contributed by atoms with E-state index in [1.54, 1.807) is 31.3 Å². The topological polar surface area (TPSA) is 88.4 Å². The number of halogens is 1. The highest BCUT2D eigenvalue weighted by molar-refractivity contribution is 8.18. The van der Waals surface area contributed by atoms with Crippen LogP contribution in [0.2, 0.25) is 0 Å². The van der Waals surface area contributed by atoms with Gasteiger partial charge in [-0.1, -0.05) is 6.07 Å². The number of carbonyl (C=O) groups excluding carboxylic acids is 1. The number of nitrogens with zero attached hydrogens (tertiary/aromatic N) is 2. The van der Waals surface area contributed by atoms with Crippen molar-refractivity contribution in [3.8, 4) is 11.5 Å². The third-order valence-electron chi connectivity index (χ3n) is 4.19. The smallest absolute Gasteiger partial charge is 0.344 e. The molecule has 7 nitrogen and oxygen atoms in total. The first kappa shape index (κ1) is 21.4. The predicted octanol–water partition coefficient (Wildman–Crippen LogP) is 3.92. The second-order valence-corrected chi connectivity index (χ2v) is 7.36. The summed E-state index contributed by atoms with van der Waals surface area (Å²) in [6, 6.07) is 10.6. The standard InChI is InChI=1S/C21H19FN2O5S/c1-12(20(26)27)29-16-9-4-13(10-17(16)28-3)11-18-19(25)24(2)21(30-18)23-15-7-5-14(22)6-8-15/h4-12H,1-3H3,(H,26,27)/b18-11-,23-21?/t12-/m0/s1. The van der Waals surface area contributed by atoms with E-state index >= 15 is 0 Å². The van der Waals surface area contributed by atoms with Gasteiger partial charge in [-0.3, -0.25) is 9.69 Å². The summed E-state index contributed by atoms with van der Waals surface area (Å²) in [6.45, 7) is 1.42. The molecule has 1 saturated heterocycles. The van der Waals surface area contributed by atoms with Crippen molar-refractivity contribution in [2.45, 2.75) is 13.0 Å². The molecule has 30 heavy (non-hydrogen) atoms. The summed E-state index contributed by atoms with van der Waals surface area (Å²) in [5.41, 5.74) is 1.21. The number of likely N-dealkylation sites (N-methyl/N-ethyl adjacent to an activating group) is 1. The molecule has 156 valence electrons. The van der Waals surface area contributed by atoms with Crippen molar-refractivity contribution >= 4 is 40.6 Å². The summed E-state index contributed by atoms with van der Waals surface area (Å²) < 4.78 is 23.7. The van der Waals surface area contributed by atoms with Gasteiger partial charge in [0.2, 0.25) is 0 Å². The molecule has 0 aliphatic carbocycles. The van der Waals surface area contributed by atoms with Crippen molar-refractivity contribution in [3.05, 3.63) is 58.8 Å². The molecule has 1 fully saturated rings. The average Bonchev–Trinajstić information content (AvgIpc) is 2.98. The van der Waals surface area contributed by atoms with Crippen molar-refractivity contribution in [2.75, 3.05) is 14.2 Å². The van der Waals surface area contributed by atoms with Crippen LogP contribution in [0.15, 0.2) is 52.4 Å². The lowest BCUT2D eigenvalue weighted by Crippen LogP contribution is -2.23. The normalized spacial score (nSPS) is 17.5. The number of amidine groups is 1. The van der Waals surface area contributed by atoms with Crippen molar-refractivity contribution < 1.29 is 28.6 Å². The Morgan fingerprint density at radius 1 is 1.23 bits per heavy atom. The number of hydrogen-bond donors (Lipinski definition) is 1. The number of carboxylic acids is 1. The third kappa shape index (κ3) is 4.80. The molecule has 0 spiro atoms.